The molecule has 22 heavy (non-hydrogen) atoms. The third-order valence-corrected chi connectivity index (χ3v) is 5.99. The summed E-state index contributed by atoms with van der Waals surface area (Å²) in [5.41, 5.74) is 0.747. The van der Waals surface area contributed by atoms with Crippen LogP contribution < -0.4 is 5.32 Å². The van der Waals surface area contributed by atoms with Crippen molar-refractivity contribution in [1.82, 2.24) is 9.62 Å². The molecule has 0 saturated carbocycles. The van der Waals surface area contributed by atoms with Crippen LogP contribution in [0.3, 0.4) is 0 Å². The average molecular weight is 351 g/mol. The van der Waals surface area contributed by atoms with E-state index < -0.39 is 10.0 Å². The van der Waals surface area contributed by atoms with Gasteiger partial charge in [0.2, 0.25) is 10.0 Å². The van der Waals surface area contributed by atoms with E-state index in [0.717, 1.165) is 19.4 Å². The molecule has 1 saturated heterocycles. The fourth-order valence-electron chi connectivity index (χ4n) is 2.85. The molecule has 1 aliphatic heterocycles. The van der Waals surface area contributed by atoms with Gasteiger partial charge >= 0.3 is 0 Å². The summed E-state index contributed by atoms with van der Waals surface area (Å²) in [7, 11) is -1.61. The normalized spacial score (nSPS) is 17.3. The van der Waals surface area contributed by atoms with Crippen LogP contribution in [0.4, 0.5) is 4.39 Å². The Hall–Kier alpha value is -0.690. The molecular formula is C15H24ClFN2O2S. The Morgan fingerprint density at radius 1 is 1.23 bits per heavy atom. The minimum Gasteiger partial charge on any atom is -0.319 e. The van der Waals surface area contributed by atoms with Gasteiger partial charge in [0, 0.05) is 13.1 Å². The maximum atomic E-state index is 13.7. The Morgan fingerprint density at radius 2 is 1.73 bits per heavy atom. The summed E-state index contributed by atoms with van der Waals surface area (Å²) >= 11 is 0. The zero-order chi connectivity index (χ0) is 15.6. The van der Waals surface area contributed by atoms with Crippen LogP contribution in [0.25, 0.3) is 0 Å². The van der Waals surface area contributed by atoms with Crippen LogP contribution >= 0.6 is 12.4 Å². The second-order valence-corrected chi connectivity index (χ2v) is 7.71. The first-order valence-electron chi connectivity index (χ1n) is 7.27. The van der Waals surface area contributed by atoms with Gasteiger partial charge < -0.3 is 5.32 Å². The van der Waals surface area contributed by atoms with Crippen LogP contribution in [0.15, 0.2) is 17.0 Å². The molecule has 0 unspecified atom stereocenters. The van der Waals surface area contributed by atoms with E-state index in [2.05, 4.69) is 5.32 Å². The van der Waals surface area contributed by atoms with Gasteiger partial charge in [0.15, 0.2) is 0 Å². The molecule has 0 bridgehead atoms. The van der Waals surface area contributed by atoms with Gasteiger partial charge in [-0.15, -0.1) is 12.4 Å². The lowest BCUT2D eigenvalue weighted by Gasteiger charge is -2.31. The van der Waals surface area contributed by atoms with E-state index >= 15 is 0 Å². The van der Waals surface area contributed by atoms with E-state index in [4.69, 9.17) is 0 Å². The van der Waals surface area contributed by atoms with E-state index in [1.807, 2.05) is 7.05 Å². The maximum Gasteiger partial charge on any atom is 0.243 e. The molecule has 0 radical (unpaired) electrons. The molecule has 1 aromatic carbocycles. The number of halogens is 2. The topological polar surface area (TPSA) is 49.4 Å². The smallest absolute Gasteiger partial charge is 0.243 e. The second-order valence-electron chi connectivity index (χ2n) is 5.78. The Kier molecular flexibility index (Phi) is 6.80. The van der Waals surface area contributed by atoms with Gasteiger partial charge in [-0.2, -0.15) is 4.31 Å². The van der Waals surface area contributed by atoms with Gasteiger partial charge in [0.05, 0.1) is 4.90 Å². The largest absolute Gasteiger partial charge is 0.319 e. The van der Waals surface area contributed by atoms with Gasteiger partial charge in [-0.25, -0.2) is 12.8 Å². The van der Waals surface area contributed by atoms with Crippen LogP contribution in [0.1, 0.15) is 24.0 Å². The molecule has 1 aliphatic rings. The van der Waals surface area contributed by atoms with Crippen LogP contribution in [0.5, 0.6) is 0 Å². The highest BCUT2D eigenvalue weighted by Crippen LogP contribution is 2.26. The van der Waals surface area contributed by atoms with E-state index in [9.17, 15) is 12.8 Å². The van der Waals surface area contributed by atoms with Crippen molar-refractivity contribution in [2.45, 2.75) is 31.6 Å². The maximum absolute atomic E-state index is 13.7. The van der Waals surface area contributed by atoms with E-state index in [-0.39, 0.29) is 23.1 Å². The van der Waals surface area contributed by atoms with Crippen LogP contribution in [0, 0.1) is 25.6 Å². The van der Waals surface area contributed by atoms with Gasteiger partial charge in [-0.1, -0.05) is 0 Å². The van der Waals surface area contributed by atoms with Crippen LogP contribution in [-0.2, 0) is 10.0 Å². The summed E-state index contributed by atoms with van der Waals surface area (Å²) in [6, 6.07) is 2.86. The van der Waals surface area contributed by atoms with Crippen molar-refractivity contribution >= 4 is 22.4 Å². The third kappa shape index (κ3) is 3.98. The van der Waals surface area contributed by atoms with Gasteiger partial charge in [0.1, 0.15) is 5.82 Å². The number of nitrogens with zero attached hydrogens (tertiary/aromatic N) is 1. The fraction of sp³-hybridized carbons (Fsp3) is 0.600. The van der Waals surface area contributed by atoms with E-state index in [0.29, 0.717) is 30.1 Å². The van der Waals surface area contributed by atoms with Crippen LogP contribution in [0.2, 0.25) is 0 Å². The first-order valence-corrected chi connectivity index (χ1v) is 8.71. The Balaban J connectivity index is 0.00000242. The van der Waals surface area contributed by atoms with Crippen molar-refractivity contribution in [3.63, 3.8) is 0 Å². The lowest BCUT2D eigenvalue weighted by molar-refractivity contribution is 0.270. The Bertz CT molecular complexity index is 591. The number of aryl methyl sites for hydroxylation is 2. The zero-order valence-corrected chi connectivity index (χ0v) is 14.9. The Labute approximate surface area is 138 Å². The Morgan fingerprint density at radius 3 is 2.18 bits per heavy atom. The predicted molar refractivity (Wildman–Crippen MR) is 88.5 cm³/mol. The van der Waals surface area contributed by atoms with Crippen molar-refractivity contribution < 1.29 is 12.8 Å². The lowest BCUT2D eigenvalue weighted by atomic mass is 9.98. The molecule has 1 aromatic rings. The molecule has 0 aromatic heterocycles. The standard InChI is InChI=1S/C15H23FN2O2S.ClH/c1-11-8-14(9-12(2)15(11)16)21(19,20)18-6-4-13(5-7-18)10-17-3;/h8-9,13,17H,4-7,10H2,1-3H3;1H. The first kappa shape index (κ1) is 19.4. The molecule has 1 fully saturated rings. The van der Waals surface area contributed by atoms with Gasteiger partial charge in [-0.3, -0.25) is 0 Å². The van der Waals surface area contributed by atoms with Crippen molar-refractivity contribution in [3.8, 4) is 0 Å². The minimum absolute atomic E-state index is 0. The molecular weight excluding hydrogens is 327 g/mol. The molecule has 1 N–H and O–H groups in total. The molecule has 0 atom stereocenters. The lowest BCUT2D eigenvalue weighted by Crippen LogP contribution is -2.40. The molecule has 126 valence electrons. The summed E-state index contributed by atoms with van der Waals surface area (Å²) in [5.74, 6) is 0.194. The van der Waals surface area contributed by atoms with E-state index in [1.54, 1.807) is 13.8 Å². The monoisotopic (exact) mass is 350 g/mol. The highest BCUT2D eigenvalue weighted by Gasteiger charge is 2.29. The number of piperidine rings is 1. The van der Waals surface area contributed by atoms with Crippen LogP contribution in [-0.4, -0.2) is 39.4 Å². The van der Waals surface area contributed by atoms with Crippen molar-refractivity contribution in [2.75, 3.05) is 26.7 Å². The number of nitrogens with one attached hydrogen (secondary N) is 1. The summed E-state index contributed by atoms with van der Waals surface area (Å²) in [5, 5.41) is 3.13. The average Bonchev–Trinajstić information content (AvgIpc) is 2.45. The fourth-order valence-corrected chi connectivity index (χ4v) is 4.49. The summed E-state index contributed by atoms with van der Waals surface area (Å²) in [6.45, 7) is 5.18. The highest BCUT2D eigenvalue weighted by molar-refractivity contribution is 7.89. The number of hydrogen-bond acceptors (Lipinski definition) is 3. The summed E-state index contributed by atoms with van der Waals surface area (Å²) in [4.78, 5) is 0.200. The number of hydrogen-bond donors (Lipinski definition) is 1. The number of sulfonamides is 1. The minimum atomic E-state index is -3.52. The quantitative estimate of drug-likeness (QED) is 0.907. The molecule has 4 nitrogen and oxygen atoms in total. The van der Waals surface area contributed by atoms with Crippen molar-refractivity contribution in [3.05, 3.63) is 29.1 Å². The van der Waals surface area contributed by atoms with Gasteiger partial charge in [-0.05, 0) is 69.5 Å². The third-order valence-electron chi connectivity index (χ3n) is 4.11. The van der Waals surface area contributed by atoms with Crippen molar-refractivity contribution in [1.29, 1.82) is 0 Å². The molecule has 2 rings (SSSR count). The molecule has 0 spiro atoms. The van der Waals surface area contributed by atoms with Gasteiger partial charge in [0.25, 0.3) is 0 Å². The molecule has 0 aliphatic carbocycles. The number of rotatable bonds is 4. The molecule has 1 heterocycles. The highest BCUT2D eigenvalue weighted by atomic mass is 35.5. The number of benzene rings is 1. The van der Waals surface area contributed by atoms with Crippen molar-refractivity contribution in [2.24, 2.45) is 5.92 Å². The summed E-state index contributed by atoms with van der Waals surface area (Å²) in [6.07, 6.45) is 1.72. The van der Waals surface area contributed by atoms with E-state index in [1.165, 1.54) is 16.4 Å². The molecule has 7 heteroatoms. The zero-order valence-electron chi connectivity index (χ0n) is 13.2. The summed E-state index contributed by atoms with van der Waals surface area (Å²) < 4.78 is 40.5. The second kappa shape index (κ2) is 7.73. The molecule has 0 amide bonds. The first-order chi connectivity index (χ1) is 9.86. The SMILES string of the molecule is CNCC1CCN(S(=O)(=O)c2cc(C)c(F)c(C)c2)CC1.Cl. The predicted octanol–water partition coefficient (Wildman–Crippen LogP) is 2.48.